The predicted molar refractivity (Wildman–Crippen MR) is 252 cm³/mol. The molecule has 0 amide bonds. The molecule has 2 aliphatic heterocycles. The van der Waals surface area contributed by atoms with Crippen molar-refractivity contribution in [1.29, 1.82) is 0 Å². The van der Waals surface area contributed by atoms with E-state index in [1.807, 2.05) is 182 Å². The molecule has 0 bridgehead atoms. The van der Waals surface area contributed by atoms with Gasteiger partial charge in [0, 0.05) is 6.92 Å². The van der Waals surface area contributed by atoms with Gasteiger partial charge in [0.2, 0.25) is 0 Å². The number of aliphatic hydroxyl groups excluding tert-OH is 1. The van der Waals surface area contributed by atoms with Crippen molar-refractivity contribution in [3.05, 3.63) is 215 Å². The first-order chi connectivity index (χ1) is 33.5. The van der Waals surface area contributed by atoms with Gasteiger partial charge in [0.1, 0.15) is 42.7 Å². The molecular formula is C56H60O12. The number of esters is 1. The van der Waals surface area contributed by atoms with Crippen molar-refractivity contribution in [3.8, 4) is 0 Å². The summed E-state index contributed by atoms with van der Waals surface area (Å²) in [6.07, 6.45) is -10.5. The maximum atomic E-state index is 13.1. The van der Waals surface area contributed by atoms with Crippen molar-refractivity contribution in [2.24, 2.45) is 0 Å². The maximum absolute atomic E-state index is 13.1. The summed E-state index contributed by atoms with van der Waals surface area (Å²) in [4.78, 5) is 13.1. The fourth-order valence-corrected chi connectivity index (χ4v) is 8.34. The van der Waals surface area contributed by atoms with Crippen LogP contribution >= 0.6 is 0 Å². The summed E-state index contributed by atoms with van der Waals surface area (Å²) in [6.45, 7) is 2.61. The Morgan fingerprint density at radius 3 is 1.15 bits per heavy atom. The first-order valence-corrected chi connectivity index (χ1v) is 23.1. The summed E-state index contributed by atoms with van der Waals surface area (Å²) in [7, 11) is 0. The van der Waals surface area contributed by atoms with E-state index in [4.69, 9.17) is 47.4 Å². The number of aliphatic hydroxyl groups is 1. The van der Waals surface area contributed by atoms with Crippen LogP contribution in [-0.4, -0.2) is 85.7 Å². The van der Waals surface area contributed by atoms with Crippen LogP contribution in [0.15, 0.2) is 182 Å². The van der Waals surface area contributed by atoms with Crippen molar-refractivity contribution in [2.75, 3.05) is 13.2 Å². The second kappa shape index (κ2) is 25.7. The van der Waals surface area contributed by atoms with Gasteiger partial charge in [-0.2, -0.15) is 0 Å². The number of carbonyl (C=O) groups is 1. The number of carbonyl (C=O) groups excluding carboxylic acids is 1. The molecule has 1 N–H and O–H groups in total. The van der Waals surface area contributed by atoms with E-state index < -0.39 is 67.4 Å². The molecule has 8 rings (SSSR count). The second-order valence-electron chi connectivity index (χ2n) is 16.8. The Hall–Kier alpha value is -5.61. The Morgan fingerprint density at radius 1 is 0.412 bits per heavy atom. The van der Waals surface area contributed by atoms with Gasteiger partial charge in [-0.05, 0) is 33.4 Å². The fraction of sp³-hybridized carbons (Fsp3) is 0.339. The highest BCUT2D eigenvalue weighted by atomic mass is 16.8. The van der Waals surface area contributed by atoms with Gasteiger partial charge < -0.3 is 52.5 Å². The topological polar surface area (TPSA) is 130 Å². The minimum absolute atomic E-state index is 0.0532. The zero-order valence-electron chi connectivity index (χ0n) is 38.2. The maximum Gasteiger partial charge on any atom is 0.303 e. The summed E-state index contributed by atoms with van der Waals surface area (Å²) in [5, 5.41) is 11.7. The Morgan fingerprint density at radius 2 is 0.750 bits per heavy atom. The third-order valence-electron chi connectivity index (χ3n) is 11.7. The molecule has 0 unspecified atom stereocenters. The molecule has 0 spiro atoms. The normalized spacial score (nSPS) is 24.9. The molecule has 0 saturated carbocycles. The quantitative estimate of drug-likeness (QED) is 0.0619. The van der Waals surface area contributed by atoms with Crippen LogP contribution in [0.5, 0.6) is 0 Å². The van der Waals surface area contributed by atoms with Gasteiger partial charge in [0.25, 0.3) is 0 Å². The van der Waals surface area contributed by atoms with Gasteiger partial charge in [0.15, 0.2) is 18.7 Å². The summed E-state index contributed by atoms with van der Waals surface area (Å²) in [5.74, 6) is -0.609. The van der Waals surface area contributed by atoms with E-state index in [9.17, 15) is 9.90 Å². The van der Waals surface area contributed by atoms with Gasteiger partial charge in [-0.25, -0.2) is 0 Å². The molecule has 6 aromatic carbocycles. The Kier molecular flexibility index (Phi) is 18.4. The van der Waals surface area contributed by atoms with E-state index in [2.05, 4.69) is 0 Å². The summed E-state index contributed by atoms with van der Waals surface area (Å²) >= 11 is 0. The molecule has 68 heavy (non-hydrogen) atoms. The number of hydrogen-bond donors (Lipinski definition) is 1. The minimum atomic E-state index is -1.53. The number of rotatable bonds is 23. The first-order valence-electron chi connectivity index (χ1n) is 23.1. The lowest BCUT2D eigenvalue weighted by atomic mass is 9.95. The number of ether oxygens (including phenoxy) is 10. The lowest BCUT2D eigenvalue weighted by molar-refractivity contribution is -0.371. The Bertz CT molecular complexity index is 2330. The van der Waals surface area contributed by atoms with Crippen LogP contribution in [0.25, 0.3) is 0 Å². The molecule has 2 fully saturated rings. The van der Waals surface area contributed by atoms with Crippen molar-refractivity contribution in [2.45, 2.75) is 108 Å². The SMILES string of the molecule is CC(=O)O[C@@H]1[C@@H](OCc2ccccc2)[C@@H](O)O[C@H](COCc2ccccc2)[C@H]1O[C@H]1O[C@H](COCc2ccccc2)[C@@H](OCc2ccccc2)[C@H](OCc2ccccc2)[C@H]1OCc1ccccc1. The van der Waals surface area contributed by atoms with Crippen LogP contribution in [0.2, 0.25) is 0 Å². The van der Waals surface area contributed by atoms with Gasteiger partial charge >= 0.3 is 5.97 Å². The first kappa shape index (κ1) is 48.8. The van der Waals surface area contributed by atoms with Crippen LogP contribution in [0.4, 0.5) is 0 Å². The second-order valence-corrected chi connectivity index (χ2v) is 16.8. The summed E-state index contributed by atoms with van der Waals surface area (Å²) < 4.78 is 66.5. The van der Waals surface area contributed by atoms with Gasteiger partial charge in [0.05, 0.1) is 52.9 Å². The molecule has 0 aromatic heterocycles. The molecular weight excluding hydrogens is 865 g/mol. The average Bonchev–Trinajstić information content (AvgIpc) is 3.37. The molecule has 2 saturated heterocycles. The van der Waals surface area contributed by atoms with Gasteiger partial charge in [-0.15, -0.1) is 0 Å². The smallest absolute Gasteiger partial charge is 0.303 e. The van der Waals surface area contributed by atoms with E-state index in [1.54, 1.807) is 0 Å². The van der Waals surface area contributed by atoms with Crippen molar-refractivity contribution in [3.63, 3.8) is 0 Å². The zero-order chi connectivity index (χ0) is 46.8. The molecule has 12 heteroatoms. The Balaban J connectivity index is 1.17. The van der Waals surface area contributed by atoms with E-state index in [0.717, 1.165) is 33.4 Å². The third kappa shape index (κ3) is 14.2. The van der Waals surface area contributed by atoms with Crippen molar-refractivity contribution < 1.29 is 57.3 Å². The van der Waals surface area contributed by atoms with Crippen LogP contribution < -0.4 is 0 Å². The molecule has 0 radical (unpaired) electrons. The Labute approximate surface area is 398 Å². The van der Waals surface area contributed by atoms with E-state index in [1.165, 1.54) is 6.92 Å². The third-order valence-corrected chi connectivity index (χ3v) is 11.7. The fourth-order valence-electron chi connectivity index (χ4n) is 8.34. The average molecular weight is 925 g/mol. The lowest BCUT2D eigenvalue weighted by Crippen LogP contribution is -2.66. The number of benzene rings is 6. The number of hydrogen-bond acceptors (Lipinski definition) is 12. The van der Waals surface area contributed by atoms with Crippen molar-refractivity contribution >= 4 is 5.97 Å². The summed E-state index contributed by atoms with van der Waals surface area (Å²) in [6, 6.07) is 58.7. The largest absolute Gasteiger partial charge is 0.457 e. The van der Waals surface area contributed by atoms with E-state index in [0.29, 0.717) is 6.61 Å². The van der Waals surface area contributed by atoms with Crippen LogP contribution in [0.1, 0.15) is 40.3 Å². The molecule has 10 atom stereocenters. The highest BCUT2D eigenvalue weighted by molar-refractivity contribution is 5.66. The standard InChI is InChI=1S/C56H60O12/c1-40(57)65-52-50(48(39-60-33-42-22-10-3-11-23-42)66-55(58)53(52)63-36-45-28-16-6-17-29-45)68-56-54(64-37-46-30-18-7-19-31-46)51(62-35-44-26-14-5-15-27-44)49(61-34-43-24-12-4-13-25-43)47(67-56)38-59-32-41-20-8-2-9-21-41/h2-31,47-56,58H,32-39H2,1H3/t47-,48-,49-,50-,51+,52+,53-,54-,55+,56-/m1/s1. The molecule has 2 aliphatic rings. The monoisotopic (exact) mass is 924 g/mol. The van der Waals surface area contributed by atoms with Crippen LogP contribution in [0.3, 0.4) is 0 Å². The highest BCUT2D eigenvalue weighted by Gasteiger charge is 2.55. The lowest BCUT2D eigenvalue weighted by Gasteiger charge is -2.49. The van der Waals surface area contributed by atoms with Crippen LogP contribution in [0, 0.1) is 0 Å². The van der Waals surface area contributed by atoms with Gasteiger partial charge in [-0.1, -0.05) is 182 Å². The molecule has 0 aliphatic carbocycles. The van der Waals surface area contributed by atoms with E-state index in [-0.39, 0.29) is 46.2 Å². The van der Waals surface area contributed by atoms with E-state index >= 15 is 0 Å². The highest BCUT2D eigenvalue weighted by Crippen LogP contribution is 2.36. The van der Waals surface area contributed by atoms with Gasteiger partial charge in [-0.3, -0.25) is 4.79 Å². The van der Waals surface area contributed by atoms with Crippen molar-refractivity contribution in [1.82, 2.24) is 0 Å². The molecule has 6 aromatic rings. The molecule has 2 heterocycles. The van der Waals surface area contributed by atoms with Crippen LogP contribution in [-0.2, 0) is 91.8 Å². The molecule has 356 valence electrons. The zero-order valence-corrected chi connectivity index (χ0v) is 38.2. The summed E-state index contributed by atoms with van der Waals surface area (Å²) in [5.41, 5.74) is 5.57. The minimum Gasteiger partial charge on any atom is -0.457 e. The predicted octanol–water partition coefficient (Wildman–Crippen LogP) is 8.52. The molecule has 12 nitrogen and oxygen atoms in total.